The van der Waals surface area contributed by atoms with Crippen molar-refractivity contribution in [3.63, 3.8) is 0 Å². The molecule has 0 aromatic heterocycles. The molecule has 0 spiro atoms. The summed E-state index contributed by atoms with van der Waals surface area (Å²) < 4.78 is 0.921. The van der Waals surface area contributed by atoms with Gasteiger partial charge in [-0.15, -0.1) is 0 Å². The molecule has 20 heavy (non-hydrogen) atoms. The Morgan fingerprint density at radius 3 is 2.25 bits per heavy atom. The predicted octanol–water partition coefficient (Wildman–Crippen LogP) is -0.783. The van der Waals surface area contributed by atoms with Crippen molar-refractivity contribution in [3.8, 4) is 0 Å². The summed E-state index contributed by atoms with van der Waals surface area (Å²) in [5.74, 6) is -1.25. The third kappa shape index (κ3) is 4.21. The molecule has 0 fully saturated rings. The van der Waals surface area contributed by atoms with Crippen molar-refractivity contribution in [2.24, 2.45) is 0 Å². The van der Waals surface area contributed by atoms with E-state index in [9.17, 15) is 9.90 Å². The van der Waals surface area contributed by atoms with Gasteiger partial charge in [-0.05, 0) is 35.4 Å². The number of para-hydroxylation sites is 1. The Balaban J connectivity index is 0.00000200. The van der Waals surface area contributed by atoms with Gasteiger partial charge in [0.1, 0.15) is 0 Å². The average molecular weight is 340 g/mol. The molecular weight excluding hydrogens is 329 g/mol. The molecule has 0 heterocycles. The molecule has 2 aromatic rings. The molecule has 0 saturated carbocycles. The monoisotopic (exact) mass is 339 g/mol. The van der Waals surface area contributed by atoms with Gasteiger partial charge in [0.25, 0.3) is 0 Å². The second-order valence-corrected chi connectivity index (χ2v) is 4.89. The molecule has 3 nitrogen and oxygen atoms in total. The van der Waals surface area contributed by atoms with E-state index < -0.39 is 5.97 Å². The van der Waals surface area contributed by atoms with Crippen LogP contribution in [0.2, 0.25) is 0 Å². The Labute approximate surface area is 147 Å². The molecule has 96 valence electrons. The Morgan fingerprint density at radius 1 is 1.10 bits per heavy atom. The molecule has 5 heteroatoms. The molecule has 0 aliphatic heterocycles. The Hall–Kier alpha value is -1.07. The average Bonchev–Trinajstić information content (AvgIpc) is 2.38. The van der Waals surface area contributed by atoms with Gasteiger partial charge in [-0.2, -0.15) is 0 Å². The zero-order valence-corrected chi connectivity index (χ0v) is 14.6. The van der Waals surface area contributed by atoms with Crippen LogP contribution in [0.15, 0.2) is 59.1 Å². The van der Waals surface area contributed by atoms with E-state index in [1.165, 1.54) is 0 Å². The molecular formula is C15H11BrNNaO2. The number of aliphatic carboxylic acids is 1. The number of benzene rings is 2. The van der Waals surface area contributed by atoms with Crippen LogP contribution in [-0.4, -0.2) is 5.97 Å². The minimum atomic E-state index is -1.25. The van der Waals surface area contributed by atoms with Gasteiger partial charge in [0.15, 0.2) is 0 Å². The summed E-state index contributed by atoms with van der Waals surface area (Å²) in [7, 11) is 0. The van der Waals surface area contributed by atoms with Gasteiger partial charge in [-0.25, -0.2) is 0 Å². The summed E-state index contributed by atoms with van der Waals surface area (Å²) in [6, 6.07) is 14.5. The number of nitrogen functional groups attached to an aromatic ring is 1. The number of nitrogens with two attached hydrogens (primary N) is 1. The quantitative estimate of drug-likeness (QED) is 0.453. The fourth-order valence-corrected chi connectivity index (χ4v) is 2.07. The van der Waals surface area contributed by atoms with Gasteiger partial charge in [0, 0.05) is 15.7 Å². The first kappa shape index (κ1) is 17.0. The summed E-state index contributed by atoms with van der Waals surface area (Å²) in [6.07, 6.45) is 1.06. The van der Waals surface area contributed by atoms with Crippen LogP contribution in [0.5, 0.6) is 0 Å². The van der Waals surface area contributed by atoms with Gasteiger partial charge in [0.05, 0.1) is 5.97 Å². The van der Waals surface area contributed by atoms with E-state index in [4.69, 9.17) is 5.73 Å². The van der Waals surface area contributed by atoms with Crippen molar-refractivity contribution in [2.75, 3.05) is 5.73 Å². The van der Waals surface area contributed by atoms with Gasteiger partial charge < -0.3 is 15.6 Å². The number of carboxylic acids is 1. The molecule has 0 amide bonds. The Bertz CT molecular complexity index is 639. The first-order valence-electron chi connectivity index (χ1n) is 5.61. The first-order chi connectivity index (χ1) is 9.08. The van der Waals surface area contributed by atoms with Crippen molar-refractivity contribution < 1.29 is 39.5 Å². The van der Waals surface area contributed by atoms with Crippen LogP contribution >= 0.6 is 15.9 Å². The summed E-state index contributed by atoms with van der Waals surface area (Å²) >= 11 is 3.34. The van der Waals surface area contributed by atoms with Crippen LogP contribution in [0.3, 0.4) is 0 Å². The number of halogens is 1. The zero-order valence-electron chi connectivity index (χ0n) is 11.0. The molecule has 0 aliphatic rings. The van der Waals surface area contributed by atoms with E-state index in [2.05, 4.69) is 15.9 Å². The Morgan fingerprint density at radius 2 is 1.70 bits per heavy atom. The number of hydrogen-bond acceptors (Lipinski definition) is 3. The van der Waals surface area contributed by atoms with Gasteiger partial charge in [0.2, 0.25) is 0 Å². The summed E-state index contributed by atoms with van der Waals surface area (Å²) in [5.41, 5.74) is 8.40. The van der Waals surface area contributed by atoms with E-state index in [1.54, 1.807) is 18.2 Å². The first-order valence-corrected chi connectivity index (χ1v) is 6.40. The van der Waals surface area contributed by atoms with Crippen LogP contribution in [0, 0.1) is 0 Å². The molecule has 2 aromatic carbocycles. The van der Waals surface area contributed by atoms with Crippen molar-refractivity contribution in [3.05, 3.63) is 70.2 Å². The van der Waals surface area contributed by atoms with Crippen LogP contribution < -0.4 is 40.4 Å². The van der Waals surface area contributed by atoms with E-state index in [0.717, 1.165) is 16.1 Å². The van der Waals surface area contributed by atoms with E-state index in [-0.39, 0.29) is 29.6 Å². The van der Waals surface area contributed by atoms with Crippen LogP contribution in [0.1, 0.15) is 11.1 Å². The van der Waals surface area contributed by atoms with Crippen LogP contribution in [-0.2, 0) is 4.79 Å². The molecule has 0 saturated heterocycles. The summed E-state index contributed by atoms with van der Waals surface area (Å²) in [5, 5.41) is 10.9. The van der Waals surface area contributed by atoms with Crippen molar-refractivity contribution in [2.45, 2.75) is 0 Å². The standard InChI is InChI=1S/C15H12BrNO2.Na/c16-11-7-5-10(6-8-11)13(9-15(18)19)12-3-1-2-4-14(12)17;/h1-9H,17H2,(H,18,19);/q;+1/p-1. The number of carbonyl (C=O) groups is 1. The third-order valence-electron chi connectivity index (χ3n) is 2.67. The maximum atomic E-state index is 10.9. The largest absolute Gasteiger partial charge is 1.00 e. The third-order valence-corrected chi connectivity index (χ3v) is 3.20. The molecule has 0 atom stereocenters. The maximum Gasteiger partial charge on any atom is 1.00 e. The second kappa shape index (κ2) is 7.64. The zero-order chi connectivity index (χ0) is 13.8. The van der Waals surface area contributed by atoms with E-state index in [1.807, 2.05) is 30.3 Å². The number of hydrogen-bond donors (Lipinski definition) is 1. The van der Waals surface area contributed by atoms with Gasteiger partial charge >= 0.3 is 29.6 Å². The predicted molar refractivity (Wildman–Crippen MR) is 77.1 cm³/mol. The molecule has 0 unspecified atom stereocenters. The molecule has 0 aliphatic carbocycles. The summed E-state index contributed by atoms with van der Waals surface area (Å²) in [6.45, 7) is 0. The minimum Gasteiger partial charge on any atom is -0.545 e. The van der Waals surface area contributed by atoms with Crippen LogP contribution in [0.4, 0.5) is 5.69 Å². The topological polar surface area (TPSA) is 66.2 Å². The minimum absolute atomic E-state index is 0. The number of carboxylic acid groups (broad SMARTS) is 1. The van der Waals surface area contributed by atoms with Crippen molar-refractivity contribution >= 4 is 33.2 Å². The maximum absolute atomic E-state index is 10.9. The fourth-order valence-electron chi connectivity index (χ4n) is 1.81. The second-order valence-electron chi connectivity index (χ2n) is 3.97. The smallest absolute Gasteiger partial charge is 0.545 e. The SMILES string of the molecule is Nc1ccccc1C(=CC(=O)[O-])c1ccc(Br)cc1.[Na+]. The van der Waals surface area contributed by atoms with Crippen LogP contribution in [0.25, 0.3) is 5.57 Å². The normalized spacial score (nSPS) is 10.8. The van der Waals surface area contributed by atoms with E-state index >= 15 is 0 Å². The molecule has 0 bridgehead atoms. The summed E-state index contributed by atoms with van der Waals surface area (Å²) in [4.78, 5) is 10.9. The van der Waals surface area contributed by atoms with Crippen molar-refractivity contribution in [1.82, 2.24) is 0 Å². The molecule has 2 rings (SSSR count). The fraction of sp³-hybridized carbons (Fsp3) is 0. The number of carbonyl (C=O) groups excluding carboxylic acids is 1. The molecule has 2 N–H and O–H groups in total. The van der Waals surface area contributed by atoms with E-state index in [0.29, 0.717) is 16.8 Å². The van der Waals surface area contributed by atoms with Gasteiger partial charge in [-0.1, -0.05) is 46.3 Å². The number of rotatable bonds is 3. The Kier molecular flexibility index (Phi) is 6.49. The van der Waals surface area contributed by atoms with Gasteiger partial charge in [-0.3, -0.25) is 0 Å². The molecule has 0 radical (unpaired) electrons. The number of anilines is 1. The van der Waals surface area contributed by atoms with Crippen molar-refractivity contribution in [1.29, 1.82) is 0 Å².